The van der Waals surface area contributed by atoms with Crippen LogP contribution in [0.5, 0.6) is 11.8 Å². The van der Waals surface area contributed by atoms with Gasteiger partial charge in [-0.1, -0.05) is 6.07 Å². The number of halogens is 4. The van der Waals surface area contributed by atoms with Crippen LogP contribution in [0.2, 0.25) is 0 Å². The highest BCUT2D eigenvalue weighted by Gasteiger charge is 2.32. The van der Waals surface area contributed by atoms with E-state index in [2.05, 4.69) is 15.0 Å². The second-order valence-corrected chi connectivity index (χ2v) is 4.76. The van der Waals surface area contributed by atoms with Crippen LogP contribution >= 0.6 is 0 Å². The normalized spacial score (nSPS) is 11.7. The molecular formula is C15H9F4N3O. The summed E-state index contributed by atoms with van der Waals surface area (Å²) in [6.45, 7) is 1.65. The van der Waals surface area contributed by atoms with Crippen molar-refractivity contribution in [2.45, 2.75) is 13.1 Å². The van der Waals surface area contributed by atoms with Crippen LogP contribution < -0.4 is 4.74 Å². The SMILES string of the molecule is Cc1ccc(Oc2ncc(F)cn2)c2ccc(C(F)(F)F)nc12. The molecule has 3 rings (SSSR count). The number of rotatable bonds is 2. The number of hydrogen-bond acceptors (Lipinski definition) is 4. The molecule has 0 N–H and O–H groups in total. The van der Waals surface area contributed by atoms with Crippen molar-refractivity contribution in [3.63, 3.8) is 0 Å². The van der Waals surface area contributed by atoms with E-state index in [1.54, 1.807) is 19.1 Å². The minimum absolute atomic E-state index is 0.114. The lowest BCUT2D eigenvalue weighted by Crippen LogP contribution is -2.08. The van der Waals surface area contributed by atoms with E-state index < -0.39 is 17.7 Å². The van der Waals surface area contributed by atoms with Crippen LogP contribution in [0, 0.1) is 12.7 Å². The third-order valence-corrected chi connectivity index (χ3v) is 3.11. The summed E-state index contributed by atoms with van der Waals surface area (Å²) in [5, 5.41) is 0.380. The van der Waals surface area contributed by atoms with E-state index in [0.29, 0.717) is 10.9 Å². The Morgan fingerprint density at radius 2 is 1.70 bits per heavy atom. The van der Waals surface area contributed by atoms with Crippen LogP contribution in [-0.4, -0.2) is 15.0 Å². The Kier molecular flexibility index (Phi) is 3.59. The molecule has 0 aliphatic heterocycles. The first-order valence-electron chi connectivity index (χ1n) is 6.47. The molecule has 0 saturated heterocycles. The van der Waals surface area contributed by atoms with Crippen LogP contribution in [0.1, 0.15) is 11.3 Å². The van der Waals surface area contributed by atoms with Gasteiger partial charge in [-0.25, -0.2) is 19.3 Å². The quantitative estimate of drug-likeness (QED) is 0.660. The van der Waals surface area contributed by atoms with Crippen molar-refractivity contribution in [1.29, 1.82) is 0 Å². The summed E-state index contributed by atoms with van der Waals surface area (Å²) in [4.78, 5) is 11.0. The highest BCUT2D eigenvalue weighted by atomic mass is 19.4. The van der Waals surface area contributed by atoms with Crippen molar-refractivity contribution >= 4 is 10.9 Å². The zero-order valence-electron chi connectivity index (χ0n) is 11.7. The maximum absolute atomic E-state index is 12.8. The summed E-state index contributed by atoms with van der Waals surface area (Å²) in [5.74, 6) is -0.388. The monoisotopic (exact) mass is 323 g/mol. The summed E-state index contributed by atoms with van der Waals surface area (Å²) in [5.41, 5.74) is -0.249. The molecule has 0 aliphatic carbocycles. The molecule has 0 amide bonds. The van der Waals surface area contributed by atoms with E-state index in [4.69, 9.17) is 4.74 Å². The van der Waals surface area contributed by atoms with Crippen molar-refractivity contribution in [2.24, 2.45) is 0 Å². The zero-order valence-corrected chi connectivity index (χ0v) is 11.7. The number of aromatic nitrogens is 3. The van der Waals surface area contributed by atoms with Gasteiger partial charge in [-0.2, -0.15) is 13.2 Å². The van der Waals surface area contributed by atoms with Gasteiger partial charge >= 0.3 is 12.2 Å². The zero-order chi connectivity index (χ0) is 16.6. The van der Waals surface area contributed by atoms with Crippen molar-refractivity contribution in [3.05, 3.63) is 53.7 Å². The maximum atomic E-state index is 12.8. The van der Waals surface area contributed by atoms with Gasteiger partial charge in [0.05, 0.1) is 17.9 Å². The molecule has 0 saturated carbocycles. The number of aryl methyl sites for hydroxylation is 1. The number of ether oxygens (including phenoxy) is 1. The second kappa shape index (κ2) is 5.45. The van der Waals surface area contributed by atoms with Gasteiger partial charge in [0, 0.05) is 5.39 Å². The maximum Gasteiger partial charge on any atom is 0.433 e. The fourth-order valence-corrected chi connectivity index (χ4v) is 2.03. The number of hydrogen-bond donors (Lipinski definition) is 0. The fourth-order valence-electron chi connectivity index (χ4n) is 2.03. The van der Waals surface area contributed by atoms with Gasteiger partial charge in [0.1, 0.15) is 11.4 Å². The Balaban J connectivity index is 2.08. The van der Waals surface area contributed by atoms with Gasteiger partial charge in [-0.3, -0.25) is 0 Å². The third-order valence-electron chi connectivity index (χ3n) is 3.11. The van der Waals surface area contributed by atoms with E-state index in [1.807, 2.05) is 0 Å². The van der Waals surface area contributed by atoms with Crippen molar-refractivity contribution in [3.8, 4) is 11.8 Å². The Bertz CT molecular complexity index is 863. The minimum atomic E-state index is -4.53. The smallest absolute Gasteiger partial charge is 0.424 e. The molecule has 0 spiro atoms. The summed E-state index contributed by atoms with van der Waals surface area (Å²) < 4.78 is 56.6. The van der Waals surface area contributed by atoms with Crippen molar-refractivity contribution in [1.82, 2.24) is 15.0 Å². The summed E-state index contributed by atoms with van der Waals surface area (Å²) >= 11 is 0. The minimum Gasteiger partial charge on any atom is -0.424 e. The lowest BCUT2D eigenvalue weighted by molar-refractivity contribution is -0.140. The molecule has 3 aromatic rings. The van der Waals surface area contributed by atoms with Crippen LogP contribution in [-0.2, 0) is 6.18 Å². The van der Waals surface area contributed by atoms with E-state index in [9.17, 15) is 17.6 Å². The van der Waals surface area contributed by atoms with Gasteiger partial charge in [-0.15, -0.1) is 0 Å². The molecule has 0 aliphatic rings. The van der Waals surface area contributed by atoms with E-state index in [1.165, 1.54) is 6.07 Å². The first-order chi connectivity index (χ1) is 10.8. The Labute approximate surface area is 127 Å². The van der Waals surface area contributed by atoms with Crippen molar-refractivity contribution in [2.75, 3.05) is 0 Å². The molecule has 2 aromatic heterocycles. The van der Waals surface area contributed by atoms with Gasteiger partial charge in [0.2, 0.25) is 0 Å². The number of benzene rings is 1. The number of alkyl halides is 3. The average Bonchev–Trinajstić information content (AvgIpc) is 2.51. The molecule has 0 bridgehead atoms. The lowest BCUT2D eigenvalue weighted by atomic mass is 10.1. The van der Waals surface area contributed by atoms with Crippen LogP contribution in [0.25, 0.3) is 10.9 Å². The molecule has 1 aromatic carbocycles. The topological polar surface area (TPSA) is 47.9 Å². The molecule has 0 radical (unpaired) electrons. The lowest BCUT2D eigenvalue weighted by Gasteiger charge is -2.11. The highest BCUT2D eigenvalue weighted by Crippen LogP contribution is 2.34. The van der Waals surface area contributed by atoms with E-state index in [0.717, 1.165) is 18.5 Å². The molecule has 0 atom stereocenters. The summed E-state index contributed by atoms with van der Waals surface area (Å²) in [6, 6.07) is 5.18. The first kappa shape index (κ1) is 15.1. The van der Waals surface area contributed by atoms with Gasteiger partial charge < -0.3 is 4.74 Å². The Morgan fingerprint density at radius 1 is 1.00 bits per heavy atom. The molecule has 0 fully saturated rings. The Hall–Kier alpha value is -2.77. The molecule has 23 heavy (non-hydrogen) atoms. The summed E-state index contributed by atoms with van der Waals surface area (Å²) in [6.07, 6.45) is -2.67. The second-order valence-electron chi connectivity index (χ2n) is 4.76. The first-order valence-corrected chi connectivity index (χ1v) is 6.47. The molecule has 2 heterocycles. The van der Waals surface area contributed by atoms with Gasteiger partial charge in [-0.05, 0) is 30.7 Å². The van der Waals surface area contributed by atoms with Crippen LogP contribution in [0.15, 0.2) is 36.7 Å². The molecule has 8 heteroatoms. The van der Waals surface area contributed by atoms with Crippen LogP contribution in [0.3, 0.4) is 0 Å². The van der Waals surface area contributed by atoms with Gasteiger partial charge in [0.25, 0.3) is 0 Å². The Morgan fingerprint density at radius 3 is 2.35 bits per heavy atom. The third kappa shape index (κ3) is 3.05. The van der Waals surface area contributed by atoms with E-state index in [-0.39, 0.29) is 17.3 Å². The average molecular weight is 323 g/mol. The van der Waals surface area contributed by atoms with E-state index >= 15 is 0 Å². The number of nitrogens with zero attached hydrogens (tertiary/aromatic N) is 3. The molecule has 0 unspecified atom stereocenters. The molecule has 118 valence electrons. The van der Waals surface area contributed by atoms with Crippen LogP contribution in [0.4, 0.5) is 17.6 Å². The highest BCUT2D eigenvalue weighted by molar-refractivity contribution is 5.88. The fraction of sp³-hybridized carbons (Fsp3) is 0.133. The largest absolute Gasteiger partial charge is 0.433 e. The predicted octanol–water partition coefficient (Wildman–Crippen LogP) is 4.28. The number of fused-ring (bicyclic) bond motifs is 1. The summed E-state index contributed by atoms with van der Waals surface area (Å²) in [7, 11) is 0. The van der Waals surface area contributed by atoms with Crippen molar-refractivity contribution < 1.29 is 22.3 Å². The van der Waals surface area contributed by atoms with Gasteiger partial charge in [0.15, 0.2) is 5.82 Å². The number of pyridine rings is 1. The predicted molar refractivity (Wildman–Crippen MR) is 73.5 cm³/mol. The molecular weight excluding hydrogens is 314 g/mol. The molecule has 4 nitrogen and oxygen atoms in total. The standard InChI is InChI=1S/C15H9F4N3O/c1-8-2-4-11(23-14-20-6-9(16)7-21-14)10-3-5-12(15(17,18)19)22-13(8)10/h2-7H,1H3.